The summed E-state index contributed by atoms with van der Waals surface area (Å²) in [5, 5.41) is 5.26. The Labute approximate surface area is 198 Å². The number of hydrogen-bond acceptors (Lipinski definition) is 3. The third-order valence-electron chi connectivity index (χ3n) is 6.47. The van der Waals surface area contributed by atoms with Gasteiger partial charge in [-0.15, -0.1) is 0 Å². The first-order valence-corrected chi connectivity index (χ1v) is 11.7. The summed E-state index contributed by atoms with van der Waals surface area (Å²) in [5.41, 5.74) is 4.63. The number of benzene rings is 3. The van der Waals surface area contributed by atoms with Crippen molar-refractivity contribution in [1.82, 2.24) is 4.90 Å². The minimum atomic E-state index is -0.565. The van der Waals surface area contributed by atoms with Crippen LogP contribution in [0.3, 0.4) is 0 Å². The average Bonchev–Trinajstić information content (AvgIpc) is 3.40. The van der Waals surface area contributed by atoms with Crippen LogP contribution in [0.5, 0.6) is 0 Å². The molecule has 0 atom stereocenters. The quantitative estimate of drug-likeness (QED) is 0.560. The smallest absolute Gasteiger partial charge is 0.323 e. The molecule has 2 heterocycles. The van der Waals surface area contributed by atoms with Crippen molar-refractivity contribution in [2.24, 2.45) is 0 Å². The molecule has 3 aromatic rings. The third-order valence-corrected chi connectivity index (χ3v) is 6.47. The number of nitrogens with zero attached hydrogens (tertiary/aromatic N) is 2. The monoisotopic (exact) mass is 458 g/mol. The van der Waals surface area contributed by atoms with Gasteiger partial charge in [-0.2, -0.15) is 0 Å². The highest BCUT2D eigenvalue weighted by Crippen LogP contribution is 2.31. The molecule has 3 aromatic carbocycles. The van der Waals surface area contributed by atoms with E-state index in [2.05, 4.69) is 33.7 Å². The van der Waals surface area contributed by atoms with Gasteiger partial charge in [0.15, 0.2) is 0 Å². The van der Waals surface area contributed by atoms with E-state index in [1.165, 1.54) is 23.3 Å². The Bertz CT molecular complexity index is 1220. The molecule has 0 aliphatic carbocycles. The third kappa shape index (κ3) is 4.59. The summed E-state index contributed by atoms with van der Waals surface area (Å²) in [7, 11) is 0. The molecule has 3 amide bonds. The molecular formula is C27H27FN4O2. The molecule has 1 fully saturated rings. The van der Waals surface area contributed by atoms with E-state index in [1.54, 1.807) is 24.3 Å². The van der Waals surface area contributed by atoms with Crippen molar-refractivity contribution in [2.75, 3.05) is 35.2 Å². The fourth-order valence-electron chi connectivity index (χ4n) is 4.70. The maximum atomic E-state index is 13.9. The van der Waals surface area contributed by atoms with Gasteiger partial charge in [-0.3, -0.25) is 4.79 Å². The largest absolute Gasteiger partial charge is 0.366 e. The van der Waals surface area contributed by atoms with Crippen LogP contribution in [0.15, 0.2) is 66.7 Å². The van der Waals surface area contributed by atoms with Crippen molar-refractivity contribution in [3.05, 3.63) is 89.2 Å². The van der Waals surface area contributed by atoms with Gasteiger partial charge in [0, 0.05) is 37.6 Å². The lowest BCUT2D eigenvalue weighted by Crippen LogP contribution is -2.34. The second-order valence-corrected chi connectivity index (χ2v) is 8.73. The van der Waals surface area contributed by atoms with Crippen molar-refractivity contribution < 1.29 is 14.0 Å². The Morgan fingerprint density at radius 1 is 0.824 bits per heavy atom. The molecule has 5 rings (SSSR count). The maximum Gasteiger partial charge on any atom is 0.323 e. The van der Waals surface area contributed by atoms with Crippen LogP contribution in [0, 0.1) is 5.82 Å². The average molecular weight is 459 g/mol. The molecule has 2 aliphatic heterocycles. The predicted molar refractivity (Wildman–Crippen MR) is 132 cm³/mol. The predicted octanol–water partition coefficient (Wildman–Crippen LogP) is 5.27. The van der Waals surface area contributed by atoms with Crippen molar-refractivity contribution in [3.63, 3.8) is 0 Å². The van der Waals surface area contributed by atoms with Gasteiger partial charge in [-0.05, 0) is 60.7 Å². The zero-order valence-corrected chi connectivity index (χ0v) is 18.9. The number of para-hydroxylation sites is 1. The van der Waals surface area contributed by atoms with E-state index >= 15 is 0 Å². The number of rotatable bonds is 4. The molecule has 7 heteroatoms. The number of hydrogen-bond donors (Lipinski definition) is 2. The summed E-state index contributed by atoms with van der Waals surface area (Å²) in [6.07, 6.45) is 2.92. The molecule has 174 valence electrons. The van der Waals surface area contributed by atoms with E-state index in [-0.39, 0.29) is 11.6 Å². The number of anilines is 3. The normalized spacial score (nSPS) is 15.1. The molecule has 34 heavy (non-hydrogen) atoms. The highest BCUT2D eigenvalue weighted by Gasteiger charge is 2.26. The van der Waals surface area contributed by atoms with Gasteiger partial charge in [0.2, 0.25) is 0 Å². The first kappa shape index (κ1) is 21.9. The van der Waals surface area contributed by atoms with Crippen LogP contribution >= 0.6 is 0 Å². The zero-order chi connectivity index (χ0) is 23.5. The molecule has 0 radical (unpaired) electrons. The second-order valence-electron chi connectivity index (χ2n) is 8.73. The fourth-order valence-corrected chi connectivity index (χ4v) is 4.70. The molecule has 0 unspecified atom stereocenters. The zero-order valence-electron chi connectivity index (χ0n) is 18.9. The van der Waals surface area contributed by atoms with E-state index in [1.807, 2.05) is 17.0 Å². The molecule has 1 saturated heterocycles. The number of fused-ring (bicyclic) bond motifs is 1. The molecule has 0 aromatic heterocycles. The fraction of sp³-hybridized carbons (Fsp3) is 0.259. The SMILES string of the molecule is O=C(Nc1ccc(N2CCc3ccccc3C2)c(C(=O)N2CCCC2)c1)Nc1ccccc1F. The van der Waals surface area contributed by atoms with E-state index in [0.717, 1.165) is 51.1 Å². The summed E-state index contributed by atoms with van der Waals surface area (Å²) < 4.78 is 13.9. The standard InChI is InChI=1S/C27H27FN4O2/c28-23-9-3-4-10-24(23)30-27(34)29-21-11-12-25(22(17-21)26(33)31-14-5-6-15-31)32-16-13-19-7-1-2-8-20(19)18-32/h1-4,7-12,17H,5-6,13-16,18H2,(H2,29,30,34). The van der Waals surface area contributed by atoms with E-state index in [9.17, 15) is 14.0 Å². The molecule has 2 N–H and O–H groups in total. The Kier molecular flexibility index (Phi) is 6.16. The number of urea groups is 1. The van der Waals surface area contributed by atoms with Crippen LogP contribution in [0.4, 0.5) is 26.2 Å². The Morgan fingerprint density at radius 2 is 1.56 bits per heavy atom. The van der Waals surface area contributed by atoms with Gasteiger partial charge < -0.3 is 20.4 Å². The summed E-state index contributed by atoms with van der Waals surface area (Å²) in [6.45, 7) is 3.04. The lowest BCUT2D eigenvalue weighted by molar-refractivity contribution is 0.0793. The summed E-state index contributed by atoms with van der Waals surface area (Å²) in [5.74, 6) is -0.534. The van der Waals surface area contributed by atoms with Gasteiger partial charge in [0.05, 0.1) is 11.3 Å². The Balaban J connectivity index is 1.41. The molecule has 0 saturated carbocycles. The highest BCUT2D eigenvalue weighted by atomic mass is 19.1. The van der Waals surface area contributed by atoms with Gasteiger partial charge in [0.25, 0.3) is 5.91 Å². The first-order chi connectivity index (χ1) is 16.6. The topological polar surface area (TPSA) is 64.7 Å². The minimum Gasteiger partial charge on any atom is -0.366 e. The van der Waals surface area contributed by atoms with Gasteiger partial charge >= 0.3 is 6.03 Å². The summed E-state index contributed by atoms with van der Waals surface area (Å²) in [4.78, 5) is 30.1. The van der Waals surface area contributed by atoms with Crippen LogP contribution < -0.4 is 15.5 Å². The van der Waals surface area contributed by atoms with Crippen LogP contribution in [0.1, 0.15) is 34.3 Å². The van der Waals surface area contributed by atoms with Crippen molar-refractivity contribution >= 4 is 29.0 Å². The lowest BCUT2D eigenvalue weighted by atomic mass is 9.98. The van der Waals surface area contributed by atoms with E-state index in [4.69, 9.17) is 0 Å². The highest BCUT2D eigenvalue weighted by molar-refractivity contribution is 6.04. The number of likely N-dealkylation sites (tertiary alicyclic amines) is 1. The number of amides is 3. The summed E-state index contributed by atoms with van der Waals surface area (Å²) in [6, 6.07) is 19.2. The number of nitrogens with one attached hydrogen (secondary N) is 2. The van der Waals surface area contributed by atoms with Crippen LogP contribution in [-0.4, -0.2) is 36.5 Å². The number of carbonyl (C=O) groups excluding carboxylic acids is 2. The number of halogens is 1. The molecule has 6 nitrogen and oxygen atoms in total. The lowest BCUT2D eigenvalue weighted by Gasteiger charge is -2.33. The van der Waals surface area contributed by atoms with Crippen molar-refractivity contribution in [3.8, 4) is 0 Å². The molecule has 0 spiro atoms. The second kappa shape index (κ2) is 9.55. The summed E-state index contributed by atoms with van der Waals surface area (Å²) >= 11 is 0. The van der Waals surface area contributed by atoms with Gasteiger partial charge in [0.1, 0.15) is 5.82 Å². The van der Waals surface area contributed by atoms with Crippen molar-refractivity contribution in [2.45, 2.75) is 25.8 Å². The molecular weight excluding hydrogens is 431 g/mol. The van der Waals surface area contributed by atoms with Crippen LogP contribution in [-0.2, 0) is 13.0 Å². The first-order valence-electron chi connectivity index (χ1n) is 11.7. The Morgan fingerprint density at radius 3 is 2.35 bits per heavy atom. The molecule has 0 bridgehead atoms. The van der Waals surface area contributed by atoms with Gasteiger partial charge in [-0.25, -0.2) is 9.18 Å². The Hall–Kier alpha value is -3.87. The molecule has 2 aliphatic rings. The van der Waals surface area contributed by atoms with Crippen LogP contribution in [0.2, 0.25) is 0 Å². The van der Waals surface area contributed by atoms with E-state index in [0.29, 0.717) is 11.3 Å². The van der Waals surface area contributed by atoms with E-state index < -0.39 is 11.8 Å². The number of carbonyl (C=O) groups is 2. The van der Waals surface area contributed by atoms with Gasteiger partial charge in [-0.1, -0.05) is 36.4 Å². The van der Waals surface area contributed by atoms with Crippen LogP contribution in [0.25, 0.3) is 0 Å². The minimum absolute atomic E-state index is 0.0236. The maximum absolute atomic E-state index is 13.9. The van der Waals surface area contributed by atoms with Crippen molar-refractivity contribution in [1.29, 1.82) is 0 Å².